The van der Waals surface area contributed by atoms with Crippen LogP contribution in [0.3, 0.4) is 0 Å². The fourth-order valence-corrected chi connectivity index (χ4v) is 2.19. The van der Waals surface area contributed by atoms with Crippen LogP contribution in [-0.4, -0.2) is 12.5 Å². The maximum atomic E-state index is 12.8. The molecule has 0 aliphatic heterocycles. The summed E-state index contributed by atoms with van der Waals surface area (Å²) in [6.45, 7) is -0.113. The second-order valence-corrected chi connectivity index (χ2v) is 5.35. The van der Waals surface area contributed by atoms with Crippen LogP contribution in [0.4, 0.5) is 37.7 Å². The molecule has 0 saturated heterocycles. The first-order valence-corrected chi connectivity index (χ1v) is 7.44. The molecule has 2 rings (SSSR count). The van der Waals surface area contributed by atoms with Gasteiger partial charge in [-0.1, -0.05) is 18.2 Å². The highest BCUT2D eigenvalue weighted by atomic mass is 19.4. The first-order valence-electron chi connectivity index (χ1n) is 7.44. The van der Waals surface area contributed by atoms with Crippen molar-refractivity contribution < 1.29 is 31.1 Å². The molecule has 0 heterocycles. The smallest absolute Gasteiger partial charge is 0.384 e. The Bertz CT molecular complexity index is 770. The Morgan fingerprint density at radius 3 is 2.23 bits per heavy atom. The van der Waals surface area contributed by atoms with E-state index in [2.05, 4.69) is 10.6 Å². The lowest BCUT2D eigenvalue weighted by Gasteiger charge is -2.14. The minimum absolute atomic E-state index is 0.0412. The summed E-state index contributed by atoms with van der Waals surface area (Å²) < 4.78 is 76.4. The zero-order valence-corrected chi connectivity index (χ0v) is 13.2. The maximum absolute atomic E-state index is 12.8. The van der Waals surface area contributed by atoms with E-state index >= 15 is 0 Å². The number of carbonyl (C=O) groups is 1. The highest BCUT2D eigenvalue weighted by molar-refractivity contribution is 5.91. The number of rotatable bonds is 5. The average Bonchev–Trinajstić information content (AvgIpc) is 2.54. The predicted octanol–water partition coefficient (Wildman–Crippen LogP) is 5.16. The van der Waals surface area contributed by atoms with Gasteiger partial charge >= 0.3 is 12.4 Å². The molecule has 2 N–H and O–H groups in total. The lowest BCUT2D eigenvalue weighted by molar-refractivity contribution is -0.138. The fraction of sp³-hybridized carbons (Fsp3) is 0.235. The van der Waals surface area contributed by atoms with Crippen LogP contribution in [0.1, 0.15) is 17.5 Å². The van der Waals surface area contributed by atoms with Gasteiger partial charge in [-0.3, -0.25) is 4.79 Å². The molecule has 2 aromatic carbocycles. The number of hydrogen-bond acceptors (Lipinski definition) is 2. The number of hydrogen-bond donors (Lipinski definition) is 2. The van der Waals surface area contributed by atoms with Crippen molar-refractivity contribution in [3.05, 3.63) is 59.7 Å². The molecule has 0 radical (unpaired) electrons. The highest BCUT2D eigenvalue weighted by Gasteiger charge is 2.33. The second kappa shape index (κ2) is 7.67. The van der Waals surface area contributed by atoms with E-state index in [4.69, 9.17) is 0 Å². The number of alkyl halides is 6. The van der Waals surface area contributed by atoms with Gasteiger partial charge < -0.3 is 10.6 Å². The Kier molecular flexibility index (Phi) is 5.79. The Hall–Kier alpha value is -2.71. The van der Waals surface area contributed by atoms with Gasteiger partial charge in [-0.05, 0) is 30.3 Å². The van der Waals surface area contributed by atoms with Gasteiger partial charge in [0.25, 0.3) is 0 Å². The van der Waals surface area contributed by atoms with E-state index < -0.39 is 29.4 Å². The predicted molar refractivity (Wildman–Crippen MR) is 84.6 cm³/mol. The van der Waals surface area contributed by atoms with Gasteiger partial charge in [0.15, 0.2) is 0 Å². The van der Waals surface area contributed by atoms with E-state index in [-0.39, 0.29) is 24.3 Å². The lowest BCUT2D eigenvalue weighted by atomic mass is 10.1. The van der Waals surface area contributed by atoms with Crippen LogP contribution in [0.2, 0.25) is 0 Å². The van der Waals surface area contributed by atoms with Crippen LogP contribution in [0.5, 0.6) is 0 Å². The van der Waals surface area contributed by atoms with Gasteiger partial charge in [-0.15, -0.1) is 0 Å². The first kappa shape index (κ1) is 19.6. The van der Waals surface area contributed by atoms with Crippen LogP contribution in [-0.2, 0) is 17.1 Å². The van der Waals surface area contributed by atoms with Crippen molar-refractivity contribution in [1.82, 2.24) is 0 Å². The maximum Gasteiger partial charge on any atom is 0.418 e. The van der Waals surface area contributed by atoms with Crippen LogP contribution in [0.25, 0.3) is 0 Å². The van der Waals surface area contributed by atoms with Crippen molar-refractivity contribution in [1.29, 1.82) is 0 Å². The summed E-state index contributed by atoms with van der Waals surface area (Å²) in [6.07, 6.45) is -9.30. The summed E-state index contributed by atoms with van der Waals surface area (Å²) in [5.74, 6) is -0.624. The Morgan fingerprint density at radius 1 is 0.885 bits per heavy atom. The van der Waals surface area contributed by atoms with Crippen molar-refractivity contribution in [3.63, 3.8) is 0 Å². The van der Waals surface area contributed by atoms with Crippen LogP contribution < -0.4 is 10.6 Å². The molecule has 0 saturated carbocycles. The molecule has 26 heavy (non-hydrogen) atoms. The molecule has 0 spiro atoms. The van der Waals surface area contributed by atoms with E-state index in [1.54, 1.807) is 0 Å². The monoisotopic (exact) mass is 376 g/mol. The summed E-state index contributed by atoms with van der Waals surface area (Å²) in [5, 5.41) is 4.80. The fourth-order valence-electron chi connectivity index (χ4n) is 2.19. The van der Waals surface area contributed by atoms with Crippen molar-refractivity contribution >= 4 is 17.3 Å². The number of para-hydroxylation sites is 1. The third-order valence-corrected chi connectivity index (χ3v) is 3.37. The van der Waals surface area contributed by atoms with Crippen LogP contribution in [0, 0.1) is 0 Å². The minimum atomic E-state index is -4.54. The van der Waals surface area contributed by atoms with Crippen molar-refractivity contribution in [2.75, 3.05) is 17.2 Å². The standard InChI is InChI=1S/C17H14F6N2O/c18-16(19,20)11-4-3-5-12(10-11)25-15(26)8-9-24-14-7-2-1-6-13(14)17(21,22)23/h1-7,10,24H,8-9H2,(H,25,26). The van der Waals surface area contributed by atoms with Gasteiger partial charge in [0.1, 0.15) is 0 Å². The summed E-state index contributed by atoms with van der Waals surface area (Å²) in [7, 11) is 0. The molecule has 0 aliphatic carbocycles. The Morgan fingerprint density at radius 2 is 1.58 bits per heavy atom. The third kappa shape index (κ3) is 5.40. The summed E-state index contributed by atoms with van der Waals surface area (Å²) >= 11 is 0. The lowest BCUT2D eigenvalue weighted by Crippen LogP contribution is -2.18. The Labute approximate surface area is 145 Å². The molecule has 0 fully saturated rings. The molecule has 3 nitrogen and oxygen atoms in total. The zero-order valence-electron chi connectivity index (χ0n) is 13.2. The molecule has 0 aromatic heterocycles. The number of amides is 1. The van der Waals surface area contributed by atoms with Crippen LogP contribution in [0.15, 0.2) is 48.5 Å². The molecule has 0 aliphatic rings. The van der Waals surface area contributed by atoms with E-state index in [0.29, 0.717) is 0 Å². The van der Waals surface area contributed by atoms with Gasteiger partial charge in [-0.25, -0.2) is 0 Å². The van der Waals surface area contributed by atoms with Crippen molar-refractivity contribution in [2.24, 2.45) is 0 Å². The number of nitrogens with one attached hydrogen (secondary N) is 2. The van der Waals surface area contributed by atoms with Crippen molar-refractivity contribution in [2.45, 2.75) is 18.8 Å². The molecule has 0 atom stereocenters. The molecular formula is C17H14F6N2O. The summed E-state index contributed by atoms with van der Waals surface area (Å²) in [4.78, 5) is 11.8. The third-order valence-electron chi connectivity index (χ3n) is 3.37. The van der Waals surface area contributed by atoms with E-state index in [1.807, 2.05) is 0 Å². The van der Waals surface area contributed by atoms with Gasteiger partial charge in [0, 0.05) is 24.3 Å². The Balaban J connectivity index is 1.93. The summed E-state index contributed by atoms with van der Waals surface area (Å²) in [5.41, 5.74) is -1.99. The molecular weight excluding hydrogens is 362 g/mol. The van der Waals surface area contributed by atoms with E-state index in [0.717, 1.165) is 24.3 Å². The zero-order chi connectivity index (χ0) is 19.4. The molecule has 1 amide bonds. The van der Waals surface area contributed by atoms with E-state index in [9.17, 15) is 31.1 Å². The quantitative estimate of drug-likeness (QED) is 0.708. The number of halogens is 6. The first-order chi connectivity index (χ1) is 12.1. The van der Waals surface area contributed by atoms with Crippen LogP contribution >= 0.6 is 0 Å². The SMILES string of the molecule is O=C(CCNc1ccccc1C(F)(F)F)Nc1cccc(C(F)(F)F)c1. The topological polar surface area (TPSA) is 41.1 Å². The molecule has 9 heteroatoms. The largest absolute Gasteiger partial charge is 0.418 e. The number of anilines is 2. The van der Waals surface area contributed by atoms with Crippen molar-refractivity contribution in [3.8, 4) is 0 Å². The molecule has 0 unspecified atom stereocenters. The molecule has 2 aromatic rings. The normalized spacial score (nSPS) is 11.9. The number of benzene rings is 2. The molecule has 140 valence electrons. The summed E-state index contributed by atoms with van der Waals surface area (Å²) in [6, 6.07) is 8.89. The van der Waals surface area contributed by atoms with E-state index in [1.165, 1.54) is 24.3 Å². The highest BCUT2D eigenvalue weighted by Crippen LogP contribution is 2.34. The second-order valence-electron chi connectivity index (χ2n) is 5.35. The van der Waals surface area contributed by atoms with Gasteiger partial charge in [-0.2, -0.15) is 26.3 Å². The minimum Gasteiger partial charge on any atom is -0.384 e. The average molecular weight is 376 g/mol. The molecule has 0 bridgehead atoms. The van der Waals surface area contributed by atoms with Gasteiger partial charge in [0.2, 0.25) is 5.91 Å². The number of carbonyl (C=O) groups excluding carboxylic acids is 1. The van der Waals surface area contributed by atoms with Gasteiger partial charge in [0.05, 0.1) is 11.1 Å².